The zero-order chi connectivity index (χ0) is 15.2. The van der Waals surface area contributed by atoms with Crippen molar-refractivity contribution in [3.05, 3.63) is 24.3 Å². The summed E-state index contributed by atoms with van der Waals surface area (Å²) in [7, 11) is 1.68. The number of ether oxygens (including phenoxy) is 2. The third kappa shape index (κ3) is 3.64. The van der Waals surface area contributed by atoms with Crippen molar-refractivity contribution in [2.45, 2.75) is 18.9 Å². The van der Waals surface area contributed by atoms with Crippen molar-refractivity contribution in [2.24, 2.45) is 0 Å². The van der Waals surface area contributed by atoms with E-state index in [0.29, 0.717) is 19.1 Å². The van der Waals surface area contributed by atoms with Crippen molar-refractivity contribution in [1.82, 2.24) is 9.97 Å². The molecule has 0 amide bonds. The Kier molecular flexibility index (Phi) is 5.03. The molecule has 2 heterocycles. The van der Waals surface area contributed by atoms with Gasteiger partial charge < -0.3 is 20.1 Å². The van der Waals surface area contributed by atoms with E-state index in [4.69, 9.17) is 9.47 Å². The van der Waals surface area contributed by atoms with E-state index in [2.05, 4.69) is 20.6 Å². The Hall–Kier alpha value is -1.92. The highest BCUT2D eigenvalue weighted by molar-refractivity contribution is 5.90. The van der Waals surface area contributed by atoms with Gasteiger partial charge in [-0.25, -0.2) is 4.98 Å². The van der Waals surface area contributed by atoms with E-state index >= 15 is 0 Å². The van der Waals surface area contributed by atoms with Gasteiger partial charge in [-0.1, -0.05) is 12.1 Å². The maximum atomic E-state index is 5.66. The van der Waals surface area contributed by atoms with Crippen molar-refractivity contribution in [3.8, 4) is 0 Å². The quantitative estimate of drug-likeness (QED) is 0.765. The summed E-state index contributed by atoms with van der Waals surface area (Å²) in [6.07, 6.45) is 2.52. The van der Waals surface area contributed by atoms with Crippen LogP contribution in [0.25, 0.3) is 10.9 Å². The fraction of sp³-hybridized carbons (Fsp3) is 0.500. The number of anilines is 2. The van der Waals surface area contributed by atoms with E-state index in [9.17, 15) is 0 Å². The molecule has 1 saturated heterocycles. The molecule has 1 unspecified atom stereocenters. The molecule has 6 nitrogen and oxygen atoms in total. The predicted octanol–water partition coefficient (Wildman–Crippen LogP) is 2.28. The standard InChI is InChI=1S/C16H22N4O2/c1-21-10-8-17-16-19-14-7-3-2-6-13(14)15(20-16)18-11-12-5-4-9-22-12/h2-3,6-7,12H,4-5,8-11H2,1H3,(H2,17,18,19,20). The van der Waals surface area contributed by atoms with Crippen molar-refractivity contribution in [3.63, 3.8) is 0 Å². The molecule has 6 heteroatoms. The number of nitrogens with one attached hydrogen (secondary N) is 2. The first-order valence-corrected chi connectivity index (χ1v) is 7.72. The third-order valence-electron chi connectivity index (χ3n) is 3.71. The van der Waals surface area contributed by atoms with Crippen LogP contribution in [0.3, 0.4) is 0 Å². The zero-order valence-corrected chi connectivity index (χ0v) is 12.8. The first kappa shape index (κ1) is 15.0. The van der Waals surface area contributed by atoms with Gasteiger partial charge in [-0.3, -0.25) is 0 Å². The van der Waals surface area contributed by atoms with Gasteiger partial charge in [0.05, 0.1) is 18.2 Å². The van der Waals surface area contributed by atoms with Gasteiger partial charge in [0.15, 0.2) is 0 Å². The van der Waals surface area contributed by atoms with Crippen LogP contribution in [0, 0.1) is 0 Å². The predicted molar refractivity (Wildman–Crippen MR) is 87.4 cm³/mol. The second-order valence-electron chi connectivity index (χ2n) is 5.35. The molecule has 0 aliphatic carbocycles. The van der Waals surface area contributed by atoms with Crippen LogP contribution in [0.15, 0.2) is 24.3 Å². The molecule has 1 fully saturated rings. The van der Waals surface area contributed by atoms with E-state index in [-0.39, 0.29) is 6.10 Å². The summed E-state index contributed by atoms with van der Waals surface area (Å²) in [6.45, 7) is 2.94. The smallest absolute Gasteiger partial charge is 0.225 e. The molecular weight excluding hydrogens is 280 g/mol. The van der Waals surface area contributed by atoms with Gasteiger partial charge in [0, 0.05) is 32.2 Å². The molecule has 1 aliphatic heterocycles. The Balaban J connectivity index is 1.78. The van der Waals surface area contributed by atoms with E-state index < -0.39 is 0 Å². The second-order valence-corrected chi connectivity index (χ2v) is 5.35. The van der Waals surface area contributed by atoms with Crippen LogP contribution >= 0.6 is 0 Å². The number of aromatic nitrogens is 2. The van der Waals surface area contributed by atoms with Crippen molar-refractivity contribution in [2.75, 3.05) is 44.0 Å². The lowest BCUT2D eigenvalue weighted by atomic mass is 10.2. The largest absolute Gasteiger partial charge is 0.383 e. The molecule has 1 aromatic carbocycles. The fourth-order valence-electron chi connectivity index (χ4n) is 2.57. The van der Waals surface area contributed by atoms with E-state index in [1.165, 1.54) is 0 Å². The second kappa shape index (κ2) is 7.38. The van der Waals surface area contributed by atoms with Gasteiger partial charge in [0.2, 0.25) is 5.95 Å². The molecule has 0 spiro atoms. The summed E-state index contributed by atoms with van der Waals surface area (Å²) >= 11 is 0. The Morgan fingerprint density at radius 2 is 2.18 bits per heavy atom. The number of hydrogen-bond donors (Lipinski definition) is 2. The number of hydrogen-bond acceptors (Lipinski definition) is 6. The average Bonchev–Trinajstić information content (AvgIpc) is 3.06. The Morgan fingerprint density at radius 3 is 3.00 bits per heavy atom. The third-order valence-corrected chi connectivity index (χ3v) is 3.71. The lowest BCUT2D eigenvalue weighted by Crippen LogP contribution is -2.20. The SMILES string of the molecule is COCCNc1nc(NCC2CCCO2)c2ccccc2n1. The van der Waals surface area contributed by atoms with Gasteiger partial charge in [0.25, 0.3) is 0 Å². The minimum Gasteiger partial charge on any atom is -0.383 e. The number of methoxy groups -OCH3 is 1. The number of rotatable bonds is 7. The number of fused-ring (bicyclic) bond motifs is 1. The summed E-state index contributed by atoms with van der Waals surface area (Å²) in [5.74, 6) is 1.46. The van der Waals surface area contributed by atoms with Gasteiger partial charge >= 0.3 is 0 Å². The van der Waals surface area contributed by atoms with Crippen LogP contribution < -0.4 is 10.6 Å². The Bertz CT molecular complexity index is 614. The highest BCUT2D eigenvalue weighted by Crippen LogP contribution is 2.22. The lowest BCUT2D eigenvalue weighted by Gasteiger charge is -2.14. The van der Waals surface area contributed by atoms with Crippen LogP contribution in [-0.4, -0.2) is 49.5 Å². The molecular formula is C16H22N4O2. The molecule has 0 radical (unpaired) electrons. The minimum absolute atomic E-state index is 0.277. The number of para-hydroxylation sites is 1. The van der Waals surface area contributed by atoms with Gasteiger partial charge in [-0.15, -0.1) is 0 Å². The summed E-state index contributed by atoms with van der Waals surface area (Å²) in [6, 6.07) is 8.01. The molecule has 1 atom stereocenters. The normalized spacial score (nSPS) is 17.8. The average molecular weight is 302 g/mol. The van der Waals surface area contributed by atoms with Gasteiger partial charge in [-0.2, -0.15) is 4.98 Å². The summed E-state index contributed by atoms with van der Waals surface area (Å²) < 4.78 is 10.7. The maximum absolute atomic E-state index is 5.66. The Labute approximate surface area is 130 Å². The van der Waals surface area contributed by atoms with Crippen molar-refractivity contribution < 1.29 is 9.47 Å². The molecule has 1 aromatic heterocycles. The number of nitrogens with zero attached hydrogens (tertiary/aromatic N) is 2. The van der Waals surface area contributed by atoms with Gasteiger partial charge in [-0.05, 0) is 25.0 Å². The zero-order valence-electron chi connectivity index (χ0n) is 12.8. The van der Waals surface area contributed by atoms with E-state index in [1.54, 1.807) is 7.11 Å². The van der Waals surface area contributed by atoms with Gasteiger partial charge in [0.1, 0.15) is 5.82 Å². The van der Waals surface area contributed by atoms with Crippen molar-refractivity contribution in [1.29, 1.82) is 0 Å². The molecule has 2 N–H and O–H groups in total. The molecule has 2 aromatic rings. The first-order chi connectivity index (χ1) is 10.9. The van der Waals surface area contributed by atoms with Crippen LogP contribution in [0.5, 0.6) is 0 Å². The fourth-order valence-corrected chi connectivity index (χ4v) is 2.57. The van der Waals surface area contributed by atoms with E-state index in [0.717, 1.165) is 42.7 Å². The minimum atomic E-state index is 0.277. The van der Waals surface area contributed by atoms with Crippen LogP contribution in [0.1, 0.15) is 12.8 Å². The molecule has 1 aliphatic rings. The molecule has 0 saturated carbocycles. The highest BCUT2D eigenvalue weighted by atomic mass is 16.5. The Morgan fingerprint density at radius 1 is 1.27 bits per heavy atom. The summed E-state index contributed by atoms with van der Waals surface area (Å²) in [4.78, 5) is 9.13. The molecule has 3 rings (SSSR count). The van der Waals surface area contributed by atoms with Crippen LogP contribution in [0.4, 0.5) is 11.8 Å². The number of benzene rings is 1. The maximum Gasteiger partial charge on any atom is 0.225 e. The van der Waals surface area contributed by atoms with Crippen molar-refractivity contribution >= 4 is 22.7 Å². The molecule has 22 heavy (non-hydrogen) atoms. The highest BCUT2D eigenvalue weighted by Gasteiger charge is 2.16. The van der Waals surface area contributed by atoms with Crippen LogP contribution in [-0.2, 0) is 9.47 Å². The molecule has 118 valence electrons. The van der Waals surface area contributed by atoms with Crippen LogP contribution in [0.2, 0.25) is 0 Å². The summed E-state index contributed by atoms with van der Waals surface area (Å²) in [5, 5.41) is 7.63. The monoisotopic (exact) mass is 302 g/mol. The topological polar surface area (TPSA) is 68.3 Å². The molecule has 0 bridgehead atoms. The lowest BCUT2D eigenvalue weighted by molar-refractivity contribution is 0.120. The van der Waals surface area contributed by atoms with E-state index in [1.807, 2.05) is 24.3 Å². The first-order valence-electron chi connectivity index (χ1n) is 7.72. The summed E-state index contributed by atoms with van der Waals surface area (Å²) in [5.41, 5.74) is 0.923.